The number of aromatic nitrogens is 1. The quantitative estimate of drug-likeness (QED) is 0.190. The van der Waals surface area contributed by atoms with Crippen LogP contribution in [0.2, 0.25) is 0 Å². The highest BCUT2D eigenvalue weighted by molar-refractivity contribution is 7.99. The highest BCUT2D eigenvalue weighted by Gasteiger charge is 2.34. The number of pyridine rings is 1. The van der Waals surface area contributed by atoms with E-state index in [0.29, 0.717) is 27.9 Å². The van der Waals surface area contributed by atoms with Crippen molar-refractivity contribution < 1.29 is 19.2 Å². The Hall–Kier alpha value is -5.02. The molecule has 0 saturated heterocycles. The smallest absolute Gasteiger partial charge is 0.272 e. The van der Waals surface area contributed by atoms with Gasteiger partial charge < -0.3 is 10.6 Å². The van der Waals surface area contributed by atoms with Gasteiger partial charge >= 0.3 is 0 Å². The highest BCUT2D eigenvalue weighted by atomic mass is 32.2. The van der Waals surface area contributed by atoms with Crippen molar-refractivity contribution in [3.8, 4) is 0 Å². The van der Waals surface area contributed by atoms with Crippen LogP contribution in [0.3, 0.4) is 0 Å². The summed E-state index contributed by atoms with van der Waals surface area (Å²) in [5, 5.41) is 5.49. The molecular weight excluding hydrogens is 512 g/mol. The maximum absolute atomic E-state index is 13.1. The molecule has 39 heavy (non-hydrogen) atoms. The van der Waals surface area contributed by atoms with Crippen LogP contribution in [0.1, 0.15) is 36.6 Å². The zero-order valence-electron chi connectivity index (χ0n) is 20.5. The van der Waals surface area contributed by atoms with Gasteiger partial charge in [-0.05, 0) is 66.2 Å². The number of fused-ring (bicyclic) bond motifs is 1. The molecule has 3 aromatic carbocycles. The number of carbonyl (C=O) groups is 4. The fourth-order valence-electron chi connectivity index (χ4n) is 3.90. The lowest BCUT2D eigenvalue weighted by Gasteiger charge is -2.14. The van der Waals surface area contributed by atoms with E-state index in [9.17, 15) is 19.2 Å². The molecule has 4 aromatic rings. The monoisotopic (exact) mass is 534 g/mol. The minimum atomic E-state index is -0.505. The van der Waals surface area contributed by atoms with Crippen LogP contribution in [-0.2, 0) is 4.79 Å². The first-order chi connectivity index (χ1) is 19.0. The number of nitrogens with zero attached hydrogens (tertiary/aromatic N) is 2. The van der Waals surface area contributed by atoms with Gasteiger partial charge in [0.15, 0.2) is 0 Å². The summed E-state index contributed by atoms with van der Waals surface area (Å²) in [7, 11) is 0. The average molecular weight is 535 g/mol. The largest absolute Gasteiger partial charge is 0.321 e. The fraction of sp³-hybridized carbons (Fsp3) is 0.0333. The predicted molar refractivity (Wildman–Crippen MR) is 149 cm³/mol. The van der Waals surface area contributed by atoms with Crippen LogP contribution >= 0.6 is 11.8 Å². The zero-order valence-corrected chi connectivity index (χ0v) is 21.4. The lowest BCUT2D eigenvalue weighted by atomic mass is 10.1. The SMILES string of the molecule is O=C(Nc1ccc(SCN2C(=O)c3ccccc3C2=O)cc1)/C(=C/c1cccnc1)NC(=O)c1ccccc1. The van der Waals surface area contributed by atoms with E-state index in [-0.39, 0.29) is 23.4 Å². The van der Waals surface area contributed by atoms with E-state index in [1.165, 1.54) is 16.7 Å². The summed E-state index contributed by atoms with van der Waals surface area (Å²) in [6.07, 6.45) is 4.76. The second-order valence-electron chi connectivity index (χ2n) is 8.50. The molecule has 0 aliphatic carbocycles. The third-order valence-electron chi connectivity index (χ3n) is 5.87. The first-order valence-electron chi connectivity index (χ1n) is 12.0. The lowest BCUT2D eigenvalue weighted by molar-refractivity contribution is -0.113. The van der Waals surface area contributed by atoms with Crippen molar-refractivity contribution in [1.29, 1.82) is 0 Å². The van der Waals surface area contributed by atoms with Gasteiger partial charge in [-0.1, -0.05) is 36.4 Å². The molecule has 4 amide bonds. The number of nitrogens with one attached hydrogen (secondary N) is 2. The molecule has 192 valence electrons. The maximum atomic E-state index is 13.1. The van der Waals surface area contributed by atoms with E-state index in [0.717, 1.165) is 4.90 Å². The molecule has 0 atom stereocenters. The first-order valence-corrected chi connectivity index (χ1v) is 13.0. The van der Waals surface area contributed by atoms with Crippen molar-refractivity contribution in [3.63, 3.8) is 0 Å². The van der Waals surface area contributed by atoms with Crippen LogP contribution in [0, 0.1) is 0 Å². The van der Waals surface area contributed by atoms with Gasteiger partial charge in [0, 0.05) is 28.5 Å². The Bertz CT molecular complexity index is 1540. The molecular formula is C30H22N4O4S. The van der Waals surface area contributed by atoms with Crippen LogP contribution in [0.25, 0.3) is 6.08 Å². The third kappa shape index (κ3) is 5.94. The van der Waals surface area contributed by atoms with E-state index in [2.05, 4.69) is 15.6 Å². The summed E-state index contributed by atoms with van der Waals surface area (Å²) in [5.74, 6) is -1.37. The van der Waals surface area contributed by atoms with Gasteiger partial charge in [-0.2, -0.15) is 0 Å². The van der Waals surface area contributed by atoms with Crippen molar-refractivity contribution in [2.75, 3.05) is 11.2 Å². The molecule has 0 spiro atoms. The lowest BCUT2D eigenvalue weighted by Crippen LogP contribution is -2.30. The number of amides is 4. The number of anilines is 1. The Labute approximate surface area is 228 Å². The van der Waals surface area contributed by atoms with Gasteiger partial charge in [0.05, 0.1) is 17.0 Å². The summed E-state index contributed by atoms with van der Waals surface area (Å²) in [6, 6.07) is 25.9. The third-order valence-corrected chi connectivity index (χ3v) is 6.87. The second-order valence-corrected chi connectivity index (χ2v) is 9.52. The molecule has 5 rings (SSSR count). The summed E-state index contributed by atoms with van der Waals surface area (Å²) in [6.45, 7) is 0. The number of hydrogen-bond acceptors (Lipinski definition) is 6. The van der Waals surface area contributed by atoms with Crippen LogP contribution in [-0.4, -0.2) is 39.4 Å². The zero-order chi connectivity index (χ0) is 27.2. The molecule has 0 saturated carbocycles. The van der Waals surface area contributed by atoms with E-state index >= 15 is 0 Å². The van der Waals surface area contributed by atoms with Gasteiger partial charge in [0.1, 0.15) is 5.70 Å². The van der Waals surface area contributed by atoms with E-state index < -0.39 is 11.8 Å². The van der Waals surface area contributed by atoms with Gasteiger partial charge in [-0.15, -0.1) is 11.8 Å². The van der Waals surface area contributed by atoms with Crippen LogP contribution in [0.5, 0.6) is 0 Å². The van der Waals surface area contributed by atoms with E-state index in [1.807, 2.05) is 0 Å². The molecule has 0 unspecified atom stereocenters. The first kappa shape index (κ1) is 25.6. The van der Waals surface area contributed by atoms with Crippen molar-refractivity contribution in [3.05, 3.63) is 131 Å². The van der Waals surface area contributed by atoms with E-state index in [4.69, 9.17) is 0 Å². The summed E-state index contributed by atoms with van der Waals surface area (Å²) >= 11 is 1.33. The average Bonchev–Trinajstić information content (AvgIpc) is 3.22. The molecule has 0 radical (unpaired) electrons. The van der Waals surface area contributed by atoms with E-state index in [1.54, 1.807) is 109 Å². The second kappa shape index (κ2) is 11.6. The Balaban J connectivity index is 1.25. The number of carbonyl (C=O) groups excluding carboxylic acids is 4. The molecule has 2 heterocycles. The predicted octanol–water partition coefficient (Wildman–Crippen LogP) is 4.84. The highest BCUT2D eigenvalue weighted by Crippen LogP contribution is 2.27. The minimum Gasteiger partial charge on any atom is -0.321 e. The molecule has 0 bridgehead atoms. The Morgan fingerprint density at radius 3 is 2.13 bits per heavy atom. The van der Waals surface area contributed by atoms with Gasteiger partial charge in [0.2, 0.25) is 0 Å². The number of rotatable bonds is 8. The van der Waals surface area contributed by atoms with Crippen LogP contribution in [0.15, 0.2) is 114 Å². The normalized spacial score (nSPS) is 12.7. The molecule has 1 aliphatic rings. The van der Waals surface area contributed by atoms with Gasteiger partial charge in [-0.25, -0.2) is 0 Å². The maximum Gasteiger partial charge on any atom is 0.272 e. The number of imide groups is 1. The molecule has 8 nitrogen and oxygen atoms in total. The minimum absolute atomic E-state index is 0.0564. The number of benzene rings is 3. The topological polar surface area (TPSA) is 108 Å². The number of hydrogen-bond donors (Lipinski definition) is 2. The van der Waals surface area contributed by atoms with Gasteiger partial charge in [0.25, 0.3) is 23.6 Å². The molecule has 0 fully saturated rings. The number of thioether (sulfide) groups is 1. The molecule has 2 N–H and O–H groups in total. The van der Waals surface area contributed by atoms with Crippen molar-refractivity contribution in [1.82, 2.24) is 15.2 Å². The Morgan fingerprint density at radius 2 is 1.49 bits per heavy atom. The Morgan fingerprint density at radius 1 is 0.821 bits per heavy atom. The summed E-state index contributed by atoms with van der Waals surface area (Å²) in [5.41, 5.74) is 2.46. The van der Waals surface area contributed by atoms with Crippen molar-refractivity contribution in [2.45, 2.75) is 4.90 Å². The molecule has 9 heteroatoms. The molecule has 1 aliphatic heterocycles. The van der Waals surface area contributed by atoms with Crippen molar-refractivity contribution in [2.24, 2.45) is 0 Å². The fourth-order valence-corrected chi connectivity index (χ4v) is 4.74. The Kier molecular flexibility index (Phi) is 7.60. The van der Waals surface area contributed by atoms with Gasteiger partial charge in [-0.3, -0.25) is 29.1 Å². The molecule has 1 aromatic heterocycles. The van der Waals surface area contributed by atoms with Crippen LogP contribution < -0.4 is 10.6 Å². The van der Waals surface area contributed by atoms with Crippen molar-refractivity contribution >= 4 is 47.2 Å². The van der Waals surface area contributed by atoms with Crippen LogP contribution in [0.4, 0.5) is 5.69 Å². The summed E-state index contributed by atoms with van der Waals surface area (Å²) in [4.78, 5) is 57.1. The summed E-state index contributed by atoms with van der Waals surface area (Å²) < 4.78 is 0. The standard InChI is InChI=1S/C30H22N4O4S/c35-27(21-8-2-1-3-9-21)33-26(17-20-7-6-16-31-18-20)28(36)32-22-12-14-23(15-13-22)39-19-34-29(37)24-10-4-5-11-25(24)30(34)38/h1-18H,19H2,(H,32,36)(H,33,35)/b26-17-.